The normalized spacial score (nSPS) is 13.5. The standard InChI is InChI=1S/C14H12F4O2/c1-2-11(19)13-6-5-12(20-13)8-3-4-10(15)9(7-8)14(16,17)18/h3-7,11,19H,2H2,1H3. The van der Waals surface area contributed by atoms with Crippen LogP contribution in [0, 0.1) is 5.82 Å². The monoisotopic (exact) mass is 288 g/mol. The van der Waals surface area contributed by atoms with Crippen LogP contribution in [-0.4, -0.2) is 5.11 Å². The predicted molar refractivity (Wildman–Crippen MR) is 64.4 cm³/mol. The number of hydrogen-bond acceptors (Lipinski definition) is 2. The van der Waals surface area contributed by atoms with Gasteiger partial charge in [-0.1, -0.05) is 6.92 Å². The molecule has 1 unspecified atom stereocenters. The molecule has 0 saturated heterocycles. The third-order valence-electron chi connectivity index (χ3n) is 2.90. The lowest BCUT2D eigenvalue weighted by molar-refractivity contribution is -0.139. The zero-order chi connectivity index (χ0) is 14.9. The lowest BCUT2D eigenvalue weighted by Gasteiger charge is -2.09. The summed E-state index contributed by atoms with van der Waals surface area (Å²) in [5.74, 6) is -0.917. The summed E-state index contributed by atoms with van der Waals surface area (Å²) < 4.78 is 56.3. The first-order valence-electron chi connectivity index (χ1n) is 5.98. The average molecular weight is 288 g/mol. The topological polar surface area (TPSA) is 33.4 Å². The zero-order valence-corrected chi connectivity index (χ0v) is 10.5. The van der Waals surface area contributed by atoms with Gasteiger partial charge in [0.1, 0.15) is 23.4 Å². The molecular formula is C14H12F4O2. The SMILES string of the molecule is CCC(O)c1ccc(-c2ccc(F)c(C(F)(F)F)c2)o1. The highest BCUT2D eigenvalue weighted by atomic mass is 19.4. The number of furan rings is 1. The molecule has 6 heteroatoms. The van der Waals surface area contributed by atoms with Crippen LogP contribution in [0.1, 0.15) is 30.8 Å². The molecule has 0 amide bonds. The first kappa shape index (κ1) is 14.6. The van der Waals surface area contributed by atoms with Crippen LogP contribution in [0.4, 0.5) is 17.6 Å². The van der Waals surface area contributed by atoms with E-state index < -0.39 is 23.7 Å². The number of benzene rings is 1. The molecule has 108 valence electrons. The maximum atomic E-state index is 13.2. The van der Waals surface area contributed by atoms with E-state index in [1.165, 1.54) is 18.2 Å². The summed E-state index contributed by atoms with van der Waals surface area (Å²) in [5, 5.41) is 9.58. The van der Waals surface area contributed by atoms with E-state index in [-0.39, 0.29) is 17.1 Å². The molecule has 0 aliphatic rings. The largest absolute Gasteiger partial charge is 0.458 e. The Morgan fingerprint density at radius 1 is 1.20 bits per heavy atom. The van der Waals surface area contributed by atoms with Gasteiger partial charge < -0.3 is 9.52 Å². The summed E-state index contributed by atoms with van der Waals surface area (Å²) in [7, 11) is 0. The molecule has 20 heavy (non-hydrogen) atoms. The van der Waals surface area contributed by atoms with Crippen LogP contribution in [0.5, 0.6) is 0 Å². The second-order valence-corrected chi connectivity index (χ2v) is 4.32. The highest BCUT2D eigenvalue weighted by molar-refractivity contribution is 5.59. The van der Waals surface area contributed by atoms with E-state index in [0.717, 1.165) is 6.07 Å². The fraction of sp³-hybridized carbons (Fsp3) is 0.286. The fourth-order valence-corrected chi connectivity index (χ4v) is 1.78. The molecule has 1 atom stereocenters. The molecule has 1 aromatic carbocycles. The maximum Gasteiger partial charge on any atom is 0.419 e. The molecule has 2 nitrogen and oxygen atoms in total. The number of halogens is 4. The third kappa shape index (κ3) is 2.85. The minimum Gasteiger partial charge on any atom is -0.458 e. The smallest absolute Gasteiger partial charge is 0.419 e. The number of rotatable bonds is 3. The van der Waals surface area contributed by atoms with Crippen molar-refractivity contribution in [3.05, 3.63) is 47.5 Å². The van der Waals surface area contributed by atoms with E-state index in [0.29, 0.717) is 12.5 Å². The van der Waals surface area contributed by atoms with Crippen LogP contribution in [0.15, 0.2) is 34.7 Å². The maximum absolute atomic E-state index is 13.2. The van der Waals surface area contributed by atoms with Crippen LogP contribution < -0.4 is 0 Å². The molecule has 0 bridgehead atoms. The van der Waals surface area contributed by atoms with Crippen LogP contribution in [-0.2, 0) is 6.18 Å². The van der Waals surface area contributed by atoms with E-state index >= 15 is 0 Å². The van der Waals surface area contributed by atoms with E-state index in [2.05, 4.69) is 0 Å². The molecule has 1 heterocycles. The summed E-state index contributed by atoms with van der Waals surface area (Å²) in [6.45, 7) is 1.74. The summed E-state index contributed by atoms with van der Waals surface area (Å²) in [4.78, 5) is 0. The molecular weight excluding hydrogens is 276 g/mol. The minimum atomic E-state index is -4.77. The van der Waals surface area contributed by atoms with E-state index in [4.69, 9.17) is 4.42 Å². The third-order valence-corrected chi connectivity index (χ3v) is 2.90. The van der Waals surface area contributed by atoms with Crippen molar-refractivity contribution in [2.45, 2.75) is 25.6 Å². The molecule has 0 aliphatic heterocycles. The first-order chi connectivity index (χ1) is 9.32. The van der Waals surface area contributed by atoms with Gasteiger partial charge in [0.2, 0.25) is 0 Å². The van der Waals surface area contributed by atoms with Crippen molar-refractivity contribution in [1.82, 2.24) is 0 Å². The van der Waals surface area contributed by atoms with Gasteiger partial charge in [0.15, 0.2) is 0 Å². The van der Waals surface area contributed by atoms with Crippen LogP contribution >= 0.6 is 0 Å². The Labute approximate surface area is 112 Å². The van der Waals surface area contributed by atoms with E-state index in [1.54, 1.807) is 6.92 Å². The quantitative estimate of drug-likeness (QED) is 0.841. The highest BCUT2D eigenvalue weighted by Gasteiger charge is 2.34. The molecule has 0 fully saturated rings. The second kappa shape index (κ2) is 5.28. The van der Waals surface area contributed by atoms with Gasteiger partial charge in [0.05, 0.1) is 5.56 Å². The molecule has 0 saturated carbocycles. The Hall–Kier alpha value is -1.82. The van der Waals surface area contributed by atoms with Crippen molar-refractivity contribution in [3.8, 4) is 11.3 Å². The summed E-state index contributed by atoms with van der Waals surface area (Å²) in [6.07, 6.45) is -5.16. The second-order valence-electron chi connectivity index (χ2n) is 4.32. The Balaban J connectivity index is 2.41. The molecule has 0 radical (unpaired) electrons. The number of hydrogen-bond donors (Lipinski definition) is 1. The lowest BCUT2D eigenvalue weighted by atomic mass is 10.1. The van der Waals surface area contributed by atoms with Gasteiger partial charge in [0, 0.05) is 5.56 Å². The van der Waals surface area contributed by atoms with Gasteiger partial charge in [-0.15, -0.1) is 0 Å². The summed E-state index contributed by atoms with van der Waals surface area (Å²) >= 11 is 0. The van der Waals surface area contributed by atoms with Gasteiger partial charge in [-0.25, -0.2) is 4.39 Å². The molecule has 2 aromatic rings. The number of aliphatic hydroxyl groups is 1. The van der Waals surface area contributed by atoms with Gasteiger partial charge in [0.25, 0.3) is 0 Å². The van der Waals surface area contributed by atoms with Crippen molar-refractivity contribution in [2.75, 3.05) is 0 Å². The Morgan fingerprint density at radius 3 is 2.50 bits per heavy atom. The Morgan fingerprint density at radius 2 is 1.90 bits per heavy atom. The first-order valence-corrected chi connectivity index (χ1v) is 5.98. The lowest BCUT2D eigenvalue weighted by Crippen LogP contribution is -2.08. The molecule has 1 N–H and O–H groups in total. The van der Waals surface area contributed by atoms with E-state index in [1.807, 2.05) is 0 Å². The fourth-order valence-electron chi connectivity index (χ4n) is 1.78. The number of aliphatic hydroxyl groups excluding tert-OH is 1. The van der Waals surface area contributed by atoms with Crippen molar-refractivity contribution in [2.24, 2.45) is 0 Å². The molecule has 2 rings (SSSR count). The minimum absolute atomic E-state index is 0.105. The highest BCUT2D eigenvalue weighted by Crippen LogP contribution is 2.35. The van der Waals surface area contributed by atoms with Crippen molar-refractivity contribution in [1.29, 1.82) is 0 Å². The van der Waals surface area contributed by atoms with Gasteiger partial charge >= 0.3 is 6.18 Å². The van der Waals surface area contributed by atoms with Crippen molar-refractivity contribution >= 4 is 0 Å². The van der Waals surface area contributed by atoms with Crippen LogP contribution in [0.25, 0.3) is 11.3 Å². The number of alkyl halides is 3. The molecule has 1 aromatic heterocycles. The van der Waals surface area contributed by atoms with Crippen LogP contribution in [0.3, 0.4) is 0 Å². The van der Waals surface area contributed by atoms with Gasteiger partial charge in [-0.3, -0.25) is 0 Å². The Bertz CT molecular complexity index is 601. The predicted octanol–water partition coefficient (Wildman–Crippen LogP) is 4.55. The van der Waals surface area contributed by atoms with Crippen molar-refractivity contribution in [3.63, 3.8) is 0 Å². The van der Waals surface area contributed by atoms with Crippen LogP contribution in [0.2, 0.25) is 0 Å². The van der Waals surface area contributed by atoms with Crippen molar-refractivity contribution < 1.29 is 27.1 Å². The molecule has 0 spiro atoms. The zero-order valence-electron chi connectivity index (χ0n) is 10.5. The van der Waals surface area contributed by atoms with Gasteiger partial charge in [-0.2, -0.15) is 13.2 Å². The van der Waals surface area contributed by atoms with E-state index in [9.17, 15) is 22.7 Å². The average Bonchev–Trinajstić information content (AvgIpc) is 2.86. The van der Waals surface area contributed by atoms with Gasteiger partial charge in [-0.05, 0) is 36.8 Å². The Kier molecular flexibility index (Phi) is 3.85. The summed E-state index contributed by atoms with van der Waals surface area (Å²) in [6, 6.07) is 5.57. The molecule has 0 aliphatic carbocycles. The summed E-state index contributed by atoms with van der Waals surface area (Å²) in [5.41, 5.74) is -1.24.